The van der Waals surface area contributed by atoms with E-state index in [2.05, 4.69) is 21.6 Å². The fraction of sp³-hybridized carbons (Fsp3) is 0.421. The maximum atomic E-state index is 12.6. The van der Waals surface area contributed by atoms with Gasteiger partial charge in [-0.25, -0.2) is 0 Å². The molecule has 1 atom stereocenters. The molecule has 136 valence electrons. The van der Waals surface area contributed by atoms with Crippen LogP contribution < -0.4 is 10.1 Å². The summed E-state index contributed by atoms with van der Waals surface area (Å²) < 4.78 is 5.55. The molecule has 0 bridgehead atoms. The number of carbonyl (C=O) groups excluding carboxylic acids is 2. The zero-order valence-electron chi connectivity index (χ0n) is 14.5. The van der Waals surface area contributed by atoms with E-state index in [1.54, 1.807) is 0 Å². The number of benzene rings is 1. The first-order valence-electron chi connectivity index (χ1n) is 8.82. The first kappa shape index (κ1) is 16.8. The van der Waals surface area contributed by atoms with E-state index in [0.717, 1.165) is 23.3 Å². The predicted molar refractivity (Wildman–Crippen MR) is 93.2 cm³/mol. The number of nitrogens with one attached hydrogen (secondary N) is 2. The van der Waals surface area contributed by atoms with E-state index < -0.39 is 0 Å². The molecule has 2 aliphatic rings. The van der Waals surface area contributed by atoms with Crippen LogP contribution in [0, 0.1) is 5.92 Å². The lowest BCUT2D eigenvalue weighted by atomic mass is 9.75. The molecule has 1 amide bonds. The molecule has 1 aliphatic heterocycles. The number of carbonyl (C=O) groups is 2. The smallest absolute Gasteiger partial charge is 0.269 e. The van der Waals surface area contributed by atoms with E-state index in [9.17, 15) is 14.7 Å². The molecule has 26 heavy (non-hydrogen) atoms. The lowest BCUT2D eigenvalue weighted by Gasteiger charge is -2.38. The molecule has 1 aromatic carbocycles. The van der Waals surface area contributed by atoms with Gasteiger partial charge in [0.05, 0.1) is 18.8 Å². The Bertz CT molecular complexity index is 854. The molecule has 0 saturated heterocycles. The summed E-state index contributed by atoms with van der Waals surface area (Å²) >= 11 is 0. The van der Waals surface area contributed by atoms with Crippen LogP contribution in [-0.4, -0.2) is 39.7 Å². The van der Waals surface area contributed by atoms with Crippen LogP contribution in [0.2, 0.25) is 0 Å². The molecule has 7 nitrogen and oxygen atoms in total. The minimum absolute atomic E-state index is 0.171. The molecule has 1 aliphatic carbocycles. The summed E-state index contributed by atoms with van der Waals surface area (Å²) in [6.45, 7) is 2.09. The van der Waals surface area contributed by atoms with Crippen LogP contribution in [-0.2, 0) is 6.42 Å². The van der Waals surface area contributed by atoms with Crippen molar-refractivity contribution < 1.29 is 19.4 Å². The van der Waals surface area contributed by atoms with Gasteiger partial charge in [-0.3, -0.25) is 14.7 Å². The normalized spacial score (nSPS) is 22.1. The van der Waals surface area contributed by atoms with Gasteiger partial charge in [-0.1, -0.05) is 6.07 Å². The second-order valence-corrected chi connectivity index (χ2v) is 7.03. The number of Topliss-reactive ketones (excluding diaryl/α,β-unsaturated/α-hetero) is 1. The molecular weight excluding hydrogens is 334 g/mol. The van der Waals surface area contributed by atoms with Crippen LogP contribution in [0.5, 0.6) is 5.75 Å². The molecule has 3 N–H and O–H groups in total. The number of nitrogens with zero attached hydrogens (tertiary/aromatic N) is 1. The first-order chi connectivity index (χ1) is 12.5. The minimum Gasteiger partial charge on any atom is -0.493 e. The van der Waals surface area contributed by atoms with Gasteiger partial charge in [-0.05, 0) is 48.1 Å². The number of aromatic amines is 1. The summed E-state index contributed by atoms with van der Waals surface area (Å²) in [5.41, 5.74) is 2.64. The van der Waals surface area contributed by atoms with E-state index in [0.29, 0.717) is 19.4 Å². The van der Waals surface area contributed by atoms with Crippen LogP contribution in [0.25, 0.3) is 0 Å². The first-order valence-corrected chi connectivity index (χ1v) is 8.82. The van der Waals surface area contributed by atoms with Gasteiger partial charge in [0.2, 0.25) is 0 Å². The summed E-state index contributed by atoms with van der Waals surface area (Å²) in [5, 5.41) is 19.2. The zero-order chi connectivity index (χ0) is 18.3. The number of aromatic nitrogens is 2. The highest BCUT2D eigenvalue weighted by Crippen LogP contribution is 2.39. The third-order valence-corrected chi connectivity index (χ3v) is 5.16. The van der Waals surface area contributed by atoms with Crippen molar-refractivity contribution in [3.8, 4) is 5.75 Å². The van der Waals surface area contributed by atoms with Gasteiger partial charge in [0, 0.05) is 13.3 Å². The standard InChI is InChI=1S/C19H21N3O4/c1-10(23)15-9-16(22-21-15)19(25)20-18(13-7-14(24)8-13)12-2-3-17-11(6-12)4-5-26-17/h2-3,6,9,13-14,18,24H,4-5,7-8H2,1H3,(H,20,25)(H,21,22)/t13?,14?,18-/m0/s1. The topological polar surface area (TPSA) is 104 Å². The van der Waals surface area contributed by atoms with Gasteiger partial charge >= 0.3 is 0 Å². The van der Waals surface area contributed by atoms with Gasteiger partial charge in [-0.2, -0.15) is 5.10 Å². The van der Waals surface area contributed by atoms with Crippen molar-refractivity contribution in [1.29, 1.82) is 0 Å². The van der Waals surface area contributed by atoms with Crippen molar-refractivity contribution in [2.24, 2.45) is 5.92 Å². The van der Waals surface area contributed by atoms with Gasteiger partial charge in [0.15, 0.2) is 5.78 Å². The van der Waals surface area contributed by atoms with Gasteiger partial charge in [0.25, 0.3) is 5.91 Å². The molecule has 4 rings (SSSR count). The molecule has 1 fully saturated rings. The van der Waals surface area contributed by atoms with E-state index >= 15 is 0 Å². The summed E-state index contributed by atoms with van der Waals surface area (Å²) in [4.78, 5) is 24.0. The van der Waals surface area contributed by atoms with Crippen molar-refractivity contribution in [1.82, 2.24) is 15.5 Å². The highest BCUT2D eigenvalue weighted by Gasteiger charge is 2.36. The summed E-state index contributed by atoms with van der Waals surface area (Å²) in [6, 6.07) is 7.23. The molecule has 2 heterocycles. The Morgan fingerprint density at radius 2 is 2.15 bits per heavy atom. The molecular formula is C19H21N3O4. The number of H-pyrrole nitrogens is 1. The second-order valence-electron chi connectivity index (χ2n) is 7.03. The van der Waals surface area contributed by atoms with Gasteiger partial charge in [-0.15, -0.1) is 0 Å². The molecule has 7 heteroatoms. The third-order valence-electron chi connectivity index (χ3n) is 5.16. The van der Waals surface area contributed by atoms with Crippen LogP contribution in [0.4, 0.5) is 0 Å². The Labute approximate surface area is 150 Å². The number of rotatable bonds is 5. The summed E-state index contributed by atoms with van der Waals surface area (Å²) in [7, 11) is 0. The monoisotopic (exact) mass is 355 g/mol. The minimum atomic E-state index is -0.312. The van der Waals surface area contributed by atoms with E-state index in [-0.39, 0.29) is 41.1 Å². The molecule has 1 saturated carbocycles. The second kappa shape index (κ2) is 6.57. The lowest BCUT2D eigenvalue weighted by molar-refractivity contribution is 0.0234. The molecule has 1 aromatic heterocycles. The van der Waals surface area contributed by atoms with E-state index in [1.807, 2.05) is 12.1 Å². The number of fused-ring (bicyclic) bond motifs is 1. The maximum Gasteiger partial charge on any atom is 0.269 e. The number of aliphatic hydroxyl groups excluding tert-OH is 1. The molecule has 0 spiro atoms. The zero-order valence-corrected chi connectivity index (χ0v) is 14.5. The Hall–Kier alpha value is -2.67. The number of aliphatic hydroxyl groups is 1. The van der Waals surface area contributed by atoms with Crippen LogP contribution >= 0.6 is 0 Å². The average Bonchev–Trinajstić information content (AvgIpc) is 3.25. The average molecular weight is 355 g/mol. The number of amides is 1. The number of ketones is 1. The lowest BCUT2D eigenvalue weighted by Crippen LogP contribution is -2.41. The number of hydrogen-bond donors (Lipinski definition) is 3. The SMILES string of the molecule is CC(=O)c1cc(C(=O)N[C@@H](c2ccc3c(c2)CCO3)C2CC(O)C2)[nH]n1. The molecule has 2 aromatic rings. The quantitative estimate of drug-likeness (QED) is 0.709. The van der Waals surface area contributed by atoms with Crippen molar-refractivity contribution in [3.63, 3.8) is 0 Å². The van der Waals surface area contributed by atoms with Gasteiger partial charge in [0.1, 0.15) is 17.1 Å². The molecule has 0 radical (unpaired) electrons. The number of ether oxygens (including phenoxy) is 1. The Balaban J connectivity index is 1.57. The van der Waals surface area contributed by atoms with E-state index in [1.165, 1.54) is 13.0 Å². The van der Waals surface area contributed by atoms with Crippen molar-refractivity contribution in [3.05, 3.63) is 46.8 Å². The summed E-state index contributed by atoms with van der Waals surface area (Å²) in [6.07, 6.45) is 1.86. The van der Waals surface area contributed by atoms with Gasteiger partial charge < -0.3 is 15.2 Å². The highest BCUT2D eigenvalue weighted by molar-refractivity contribution is 5.97. The van der Waals surface area contributed by atoms with Crippen molar-refractivity contribution >= 4 is 11.7 Å². The maximum absolute atomic E-state index is 12.6. The summed E-state index contributed by atoms with van der Waals surface area (Å²) in [5.74, 6) is 0.558. The third kappa shape index (κ3) is 3.10. The van der Waals surface area contributed by atoms with Crippen LogP contribution in [0.3, 0.4) is 0 Å². The van der Waals surface area contributed by atoms with Crippen molar-refractivity contribution in [2.75, 3.05) is 6.61 Å². The van der Waals surface area contributed by atoms with Crippen LogP contribution in [0.15, 0.2) is 24.3 Å². The highest BCUT2D eigenvalue weighted by atomic mass is 16.5. The van der Waals surface area contributed by atoms with Crippen molar-refractivity contribution in [2.45, 2.75) is 38.3 Å². The predicted octanol–water partition coefficient (Wildman–Crippen LogP) is 1.79. The number of hydrogen-bond acceptors (Lipinski definition) is 5. The Morgan fingerprint density at radius 3 is 2.85 bits per heavy atom. The fourth-order valence-corrected chi connectivity index (χ4v) is 3.61. The molecule has 0 unspecified atom stereocenters. The van der Waals surface area contributed by atoms with Crippen LogP contribution in [0.1, 0.15) is 57.9 Å². The van der Waals surface area contributed by atoms with E-state index in [4.69, 9.17) is 4.74 Å². The fourth-order valence-electron chi connectivity index (χ4n) is 3.61. The largest absolute Gasteiger partial charge is 0.493 e. The Morgan fingerprint density at radius 1 is 1.35 bits per heavy atom. The Kier molecular flexibility index (Phi) is 4.24.